The van der Waals surface area contributed by atoms with Crippen molar-refractivity contribution in [2.45, 2.75) is 26.2 Å². The molecule has 0 saturated carbocycles. The topological polar surface area (TPSA) is 3.24 Å². The number of alkyl halides is 6. The lowest BCUT2D eigenvalue weighted by Crippen LogP contribution is -2.15. The smallest absolute Gasteiger partial charge is 0.310 e. The standard InChI is InChI=1S/C22H17F6N/c1-14-8-10-17(12-19(14)21(23,24)25)29(16-6-4-3-5-7-16)18-11-9-15(2)20(13-18)22(26,27)28/h3-13H,1-2H3. The average Bonchev–Trinajstić information content (AvgIpc) is 2.63. The van der Waals surface area contributed by atoms with Gasteiger partial charge >= 0.3 is 12.4 Å². The Kier molecular flexibility index (Phi) is 5.34. The van der Waals surface area contributed by atoms with Gasteiger partial charge in [-0.15, -0.1) is 0 Å². The summed E-state index contributed by atoms with van der Waals surface area (Å²) in [6.45, 7) is 2.68. The van der Waals surface area contributed by atoms with E-state index in [9.17, 15) is 26.3 Å². The number of aryl methyl sites for hydroxylation is 2. The normalized spacial score (nSPS) is 12.1. The fourth-order valence-corrected chi connectivity index (χ4v) is 3.13. The third kappa shape index (κ3) is 4.39. The highest BCUT2D eigenvalue weighted by molar-refractivity contribution is 5.77. The Labute approximate surface area is 164 Å². The van der Waals surface area contributed by atoms with Crippen LogP contribution in [0.1, 0.15) is 22.3 Å². The Morgan fingerprint density at radius 3 is 1.34 bits per heavy atom. The van der Waals surface area contributed by atoms with Crippen molar-refractivity contribution in [1.82, 2.24) is 0 Å². The minimum absolute atomic E-state index is 0.0362. The number of para-hydroxylation sites is 1. The molecule has 0 atom stereocenters. The SMILES string of the molecule is Cc1ccc(N(c2ccccc2)c2ccc(C)c(C(F)(F)F)c2)cc1C(F)(F)F. The summed E-state index contributed by atoms with van der Waals surface area (Å²) in [5.41, 5.74) is -0.917. The largest absolute Gasteiger partial charge is 0.416 e. The molecule has 3 aromatic rings. The molecule has 0 aliphatic rings. The molecule has 0 N–H and O–H groups in total. The lowest BCUT2D eigenvalue weighted by molar-refractivity contribution is -0.138. The van der Waals surface area contributed by atoms with E-state index >= 15 is 0 Å². The van der Waals surface area contributed by atoms with Crippen molar-refractivity contribution >= 4 is 17.1 Å². The van der Waals surface area contributed by atoms with Gasteiger partial charge in [-0.25, -0.2) is 0 Å². The van der Waals surface area contributed by atoms with Gasteiger partial charge in [0.25, 0.3) is 0 Å². The molecule has 0 heterocycles. The van der Waals surface area contributed by atoms with E-state index in [1.54, 1.807) is 30.3 Å². The molecule has 0 aliphatic carbocycles. The van der Waals surface area contributed by atoms with E-state index in [4.69, 9.17) is 0 Å². The van der Waals surface area contributed by atoms with E-state index in [0.29, 0.717) is 5.69 Å². The van der Waals surface area contributed by atoms with Gasteiger partial charge in [-0.2, -0.15) is 26.3 Å². The number of rotatable bonds is 3. The molecule has 0 aromatic heterocycles. The average molecular weight is 409 g/mol. The van der Waals surface area contributed by atoms with Crippen molar-refractivity contribution in [3.8, 4) is 0 Å². The molecule has 3 rings (SSSR count). The van der Waals surface area contributed by atoms with Crippen molar-refractivity contribution < 1.29 is 26.3 Å². The van der Waals surface area contributed by atoms with Gasteiger partial charge < -0.3 is 4.90 Å². The number of halogens is 6. The second-order valence-corrected chi connectivity index (χ2v) is 6.66. The summed E-state index contributed by atoms with van der Waals surface area (Å²) in [6.07, 6.45) is -9.15. The molecule has 29 heavy (non-hydrogen) atoms. The van der Waals surface area contributed by atoms with Gasteiger partial charge in [0.1, 0.15) is 0 Å². The molecule has 0 radical (unpaired) electrons. The maximum Gasteiger partial charge on any atom is 0.416 e. The van der Waals surface area contributed by atoms with Gasteiger partial charge in [0.15, 0.2) is 0 Å². The third-order valence-electron chi connectivity index (χ3n) is 4.58. The molecule has 0 saturated heterocycles. The summed E-state index contributed by atoms with van der Waals surface area (Å²) in [5, 5.41) is 0. The van der Waals surface area contributed by atoms with Crippen LogP contribution in [0.5, 0.6) is 0 Å². The summed E-state index contributed by atoms with van der Waals surface area (Å²) in [7, 11) is 0. The van der Waals surface area contributed by atoms with Crippen LogP contribution in [-0.2, 0) is 12.4 Å². The van der Waals surface area contributed by atoms with Gasteiger partial charge in [0.05, 0.1) is 11.1 Å². The Bertz CT molecular complexity index is 943. The van der Waals surface area contributed by atoms with Gasteiger partial charge in [-0.05, 0) is 61.4 Å². The molecule has 0 fully saturated rings. The first kappa shape index (κ1) is 20.8. The number of benzene rings is 3. The first-order chi connectivity index (χ1) is 13.5. The number of hydrogen-bond donors (Lipinski definition) is 0. The first-order valence-corrected chi connectivity index (χ1v) is 8.69. The van der Waals surface area contributed by atoms with Crippen LogP contribution >= 0.6 is 0 Å². The van der Waals surface area contributed by atoms with Gasteiger partial charge in [0.2, 0.25) is 0 Å². The van der Waals surface area contributed by atoms with Crippen LogP contribution in [0.15, 0.2) is 66.7 Å². The predicted octanol–water partition coefficient (Wildman–Crippen LogP) is 7.81. The fraction of sp³-hybridized carbons (Fsp3) is 0.182. The molecular weight excluding hydrogens is 392 g/mol. The zero-order chi connectivity index (χ0) is 21.4. The van der Waals surface area contributed by atoms with Crippen LogP contribution in [0.25, 0.3) is 0 Å². The second kappa shape index (κ2) is 7.46. The zero-order valence-electron chi connectivity index (χ0n) is 15.6. The lowest BCUT2D eigenvalue weighted by Gasteiger charge is -2.27. The van der Waals surface area contributed by atoms with Gasteiger partial charge in [-0.1, -0.05) is 30.3 Å². The Balaban J connectivity index is 2.24. The van der Waals surface area contributed by atoms with Gasteiger partial charge in [0, 0.05) is 17.1 Å². The Hall–Kier alpha value is -2.96. The molecule has 0 amide bonds. The van der Waals surface area contributed by atoms with Crippen LogP contribution in [0.4, 0.5) is 43.4 Å². The highest BCUT2D eigenvalue weighted by Gasteiger charge is 2.34. The van der Waals surface area contributed by atoms with E-state index in [0.717, 1.165) is 12.1 Å². The first-order valence-electron chi connectivity index (χ1n) is 8.69. The van der Waals surface area contributed by atoms with Crippen LogP contribution in [0.2, 0.25) is 0 Å². The van der Waals surface area contributed by atoms with E-state index in [-0.39, 0.29) is 22.5 Å². The highest BCUT2D eigenvalue weighted by atomic mass is 19.4. The minimum atomic E-state index is -4.58. The summed E-state index contributed by atoms with van der Waals surface area (Å²) < 4.78 is 80.4. The predicted molar refractivity (Wildman–Crippen MR) is 101 cm³/mol. The van der Waals surface area contributed by atoms with Crippen LogP contribution in [-0.4, -0.2) is 0 Å². The Morgan fingerprint density at radius 1 is 0.552 bits per heavy atom. The number of nitrogens with zero attached hydrogens (tertiary/aromatic N) is 1. The monoisotopic (exact) mass is 409 g/mol. The van der Waals surface area contributed by atoms with Gasteiger partial charge in [-0.3, -0.25) is 0 Å². The van der Waals surface area contributed by atoms with Crippen molar-refractivity contribution in [3.63, 3.8) is 0 Å². The van der Waals surface area contributed by atoms with Crippen molar-refractivity contribution in [2.75, 3.05) is 4.90 Å². The molecular formula is C22H17F6N. The van der Waals surface area contributed by atoms with Crippen LogP contribution in [0.3, 0.4) is 0 Å². The third-order valence-corrected chi connectivity index (χ3v) is 4.58. The fourth-order valence-electron chi connectivity index (χ4n) is 3.13. The molecule has 0 bridgehead atoms. The summed E-state index contributed by atoms with van der Waals surface area (Å²) >= 11 is 0. The van der Waals surface area contributed by atoms with Crippen molar-refractivity contribution in [2.24, 2.45) is 0 Å². The number of hydrogen-bond acceptors (Lipinski definition) is 1. The molecule has 0 spiro atoms. The maximum absolute atomic E-state index is 13.4. The molecule has 152 valence electrons. The lowest BCUT2D eigenvalue weighted by atomic mass is 10.0. The molecule has 0 unspecified atom stereocenters. The highest BCUT2D eigenvalue weighted by Crippen LogP contribution is 2.41. The maximum atomic E-state index is 13.4. The molecule has 7 heteroatoms. The van der Waals surface area contributed by atoms with Crippen molar-refractivity contribution in [3.05, 3.63) is 89.0 Å². The van der Waals surface area contributed by atoms with E-state index in [1.165, 1.54) is 43.0 Å². The quantitative estimate of drug-likeness (QED) is 0.399. The van der Waals surface area contributed by atoms with Crippen LogP contribution in [0, 0.1) is 13.8 Å². The molecule has 1 nitrogen and oxygen atoms in total. The molecule has 0 aliphatic heterocycles. The summed E-state index contributed by atoms with van der Waals surface area (Å²) in [4.78, 5) is 1.38. The Morgan fingerprint density at radius 2 is 0.966 bits per heavy atom. The van der Waals surface area contributed by atoms with E-state index < -0.39 is 23.5 Å². The van der Waals surface area contributed by atoms with Crippen molar-refractivity contribution in [1.29, 1.82) is 0 Å². The number of anilines is 3. The minimum Gasteiger partial charge on any atom is -0.310 e. The summed E-state index contributed by atoms with van der Waals surface area (Å²) in [5.74, 6) is 0. The summed E-state index contributed by atoms with van der Waals surface area (Å²) in [6, 6.07) is 15.8. The zero-order valence-corrected chi connectivity index (χ0v) is 15.6. The van der Waals surface area contributed by atoms with E-state index in [1.807, 2.05) is 0 Å². The molecule has 3 aromatic carbocycles. The van der Waals surface area contributed by atoms with Crippen LogP contribution < -0.4 is 4.90 Å². The second-order valence-electron chi connectivity index (χ2n) is 6.66. The van der Waals surface area contributed by atoms with E-state index in [2.05, 4.69) is 0 Å².